The van der Waals surface area contributed by atoms with Crippen LogP contribution in [0.4, 0.5) is 11.6 Å². The van der Waals surface area contributed by atoms with Gasteiger partial charge in [-0.15, -0.1) is 0 Å². The van der Waals surface area contributed by atoms with Crippen molar-refractivity contribution < 1.29 is 4.79 Å². The van der Waals surface area contributed by atoms with Crippen LogP contribution in [0.2, 0.25) is 0 Å². The van der Waals surface area contributed by atoms with Crippen LogP contribution >= 0.6 is 0 Å². The van der Waals surface area contributed by atoms with Gasteiger partial charge in [-0.3, -0.25) is 4.79 Å². The van der Waals surface area contributed by atoms with Crippen molar-refractivity contribution in [2.24, 2.45) is 0 Å². The van der Waals surface area contributed by atoms with Crippen LogP contribution in [0.25, 0.3) is 0 Å². The summed E-state index contributed by atoms with van der Waals surface area (Å²) < 4.78 is 0. The maximum absolute atomic E-state index is 11.3. The summed E-state index contributed by atoms with van der Waals surface area (Å²) in [4.78, 5) is 15.6. The van der Waals surface area contributed by atoms with Crippen LogP contribution in [-0.4, -0.2) is 30.5 Å². The van der Waals surface area contributed by atoms with Crippen LogP contribution in [0, 0.1) is 0 Å². The van der Waals surface area contributed by atoms with E-state index in [1.54, 1.807) is 0 Å². The zero-order valence-electron chi connectivity index (χ0n) is 10.4. The average molecular weight is 236 g/mol. The molecule has 0 spiro atoms. The number of amides is 1. The first-order valence-electron chi connectivity index (χ1n) is 5.97. The van der Waals surface area contributed by atoms with Gasteiger partial charge in [0, 0.05) is 13.1 Å². The summed E-state index contributed by atoms with van der Waals surface area (Å²) in [6.07, 6.45) is 1.05. The van der Waals surface area contributed by atoms with Crippen molar-refractivity contribution >= 4 is 17.5 Å². The molecule has 0 aliphatic rings. The lowest BCUT2D eigenvalue weighted by molar-refractivity contribution is -0.119. The molecule has 1 rings (SSSR count). The third-order valence-corrected chi connectivity index (χ3v) is 2.11. The quantitative estimate of drug-likeness (QED) is 0.670. The minimum Gasteiger partial charge on any atom is -0.370 e. The monoisotopic (exact) mass is 236 g/mol. The molecule has 17 heavy (non-hydrogen) atoms. The molecule has 0 saturated heterocycles. The van der Waals surface area contributed by atoms with Crippen LogP contribution in [0.1, 0.15) is 20.3 Å². The number of carbonyl (C=O) groups excluding carboxylic acids is 1. The molecule has 0 fully saturated rings. The number of anilines is 2. The fourth-order valence-electron chi connectivity index (χ4n) is 1.32. The van der Waals surface area contributed by atoms with Gasteiger partial charge >= 0.3 is 0 Å². The summed E-state index contributed by atoms with van der Waals surface area (Å²) in [6.45, 7) is 5.78. The number of rotatable bonds is 7. The number of nitrogens with one attached hydrogen (secondary N) is 3. The van der Waals surface area contributed by atoms with Gasteiger partial charge in [0.25, 0.3) is 0 Å². The molecule has 0 bridgehead atoms. The number of nitrogens with zero attached hydrogens (tertiary/aromatic N) is 1. The van der Waals surface area contributed by atoms with E-state index in [4.69, 9.17) is 0 Å². The molecule has 0 saturated carbocycles. The maximum Gasteiger partial charge on any atom is 0.239 e. The number of hydrogen-bond donors (Lipinski definition) is 3. The van der Waals surface area contributed by atoms with E-state index in [0.29, 0.717) is 12.4 Å². The van der Waals surface area contributed by atoms with Gasteiger partial charge in [0.05, 0.1) is 6.54 Å². The van der Waals surface area contributed by atoms with Gasteiger partial charge in [-0.1, -0.05) is 13.0 Å². The molecule has 1 heterocycles. The van der Waals surface area contributed by atoms with Crippen molar-refractivity contribution in [3.05, 3.63) is 18.2 Å². The number of likely N-dealkylation sites (N-methyl/N-ethyl adjacent to an activating group) is 1. The lowest BCUT2D eigenvalue weighted by atomic mass is 10.4. The van der Waals surface area contributed by atoms with E-state index in [1.165, 1.54) is 0 Å². The van der Waals surface area contributed by atoms with Gasteiger partial charge in [0.2, 0.25) is 5.91 Å². The number of pyridine rings is 1. The molecule has 0 aliphatic heterocycles. The lowest BCUT2D eigenvalue weighted by Crippen LogP contribution is -2.29. The Labute approximate surface area is 102 Å². The van der Waals surface area contributed by atoms with Crippen LogP contribution < -0.4 is 16.0 Å². The van der Waals surface area contributed by atoms with Crippen LogP contribution in [0.5, 0.6) is 0 Å². The molecular weight excluding hydrogens is 216 g/mol. The van der Waals surface area contributed by atoms with E-state index in [2.05, 4.69) is 27.9 Å². The van der Waals surface area contributed by atoms with Crippen molar-refractivity contribution in [3.8, 4) is 0 Å². The highest BCUT2D eigenvalue weighted by Crippen LogP contribution is 2.08. The van der Waals surface area contributed by atoms with E-state index in [1.807, 2.05) is 25.1 Å². The second kappa shape index (κ2) is 7.49. The highest BCUT2D eigenvalue weighted by molar-refractivity contribution is 5.80. The molecular formula is C12H20N4O. The molecule has 94 valence electrons. The molecule has 5 heteroatoms. The average Bonchev–Trinajstić information content (AvgIpc) is 2.35. The van der Waals surface area contributed by atoms with E-state index in [9.17, 15) is 4.79 Å². The second-order valence-corrected chi connectivity index (χ2v) is 3.64. The summed E-state index contributed by atoms with van der Waals surface area (Å²) >= 11 is 0. The molecule has 0 radical (unpaired) electrons. The Hall–Kier alpha value is -1.78. The Kier molecular flexibility index (Phi) is 5.85. The second-order valence-electron chi connectivity index (χ2n) is 3.64. The summed E-state index contributed by atoms with van der Waals surface area (Å²) in [6, 6.07) is 5.66. The zero-order chi connectivity index (χ0) is 12.5. The van der Waals surface area contributed by atoms with Crippen molar-refractivity contribution in [3.63, 3.8) is 0 Å². The highest BCUT2D eigenvalue weighted by atomic mass is 16.1. The predicted molar refractivity (Wildman–Crippen MR) is 70.2 cm³/mol. The topological polar surface area (TPSA) is 66.0 Å². The first kappa shape index (κ1) is 13.3. The van der Waals surface area contributed by atoms with Gasteiger partial charge in [0.1, 0.15) is 11.6 Å². The third kappa shape index (κ3) is 5.19. The first-order valence-corrected chi connectivity index (χ1v) is 5.97. The van der Waals surface area contributed by atoms with Crippen LogP contribution in [0.15, 0.2) is 18.2 Å². The van der Waals surface area contributed by atoms with E-state index in [0.717, 1.165) is 18.8 Å². The molecule has 1 aromatic rings. The minimum atomic E-state index is -0.0266. The third-order valence-electron chi connectivity index (χ3n) is 2.11. The summed E-state index contributed by atoms with van der Waals surface area (Å²) in [7, 11) is 0. The number of carbonyl (C=O) groups is 1. The summed E-state index contributed by atoms with van der Waals surface area (Å²) in [5, 5.41) is 8.90. The van der Waals surface area contributed by atoms with Gasteiger partial charge in [-0.05, 0) is 25.5 Å². The number of hydrogen-bond acceptors (Lipinski definition) is 4. The summed E-state index contributed by atoms with van der Waals surface area (Å²) in [5.41, 5.74) is 0. The molecule has 1 aromatic heterocycles. The normalized spacial score (nSPS) is 9.76. The first-order chi connectivity index (χ1) is 8.26. The lowest BCUT2D eigenvalue weighted by Gasteiger charge is -2.08. The Bertz CT molecular complexity index is 354. The highest BCUT2D eigenvalue weighted by Gasteiger charge is 2.00. The van der Waals surface area contributed by atoms with Gasteiger partial charge in [0.15, 0.2) is 0 Å². The maximum atomic E-state index is 11.3. The zero-order valence-corrected chi connectivity index (χ0v) is 10.4. The van der Waals surface area contributed by atoms with E-state index in [-0.39, 0.29) is 12.5 Å². The molecule has 0 unspecified atom stereocenters. The van der Waals surface area contributed by atoms with Gasteiger partial charge < -0.3 is 16.0 Å². The Morgan fingerprint density at radius 3 is 2.59 bits per heavy atom. The summed E-state index contributed by atoms with van der Waals surface area (Å²) in [5.74, 6) is 1.51. The smallest absolute Gasteiger partial charge is 0.239 e. The van der Waals surface area contributed by atoms with Gasteiger partial charge in [-0.25, -0.2) is 4.98 Å². The van der Waals surface area contributed by atoms with E-state index >= 15 is 0 Å². The fourth-order valence-corrected chi connectivity index (χ4v) is 1.32. The largest absolute Gasteiger partial charge is 0.370 e. The van der Waals surface area contributed by atoms with Crippen molar-refractivity contribution in [1.29, 1.82) is 0 Å². The standard InChI is InChI=1S/C12H20N4O/c1-3-8-14-10-6-5-7-11(16-10)15-9-12(17)13-4-2/h5-7H,3-4,8-9H2,1-2H3,(H,13,17)(H2,14,15,16). The van der Waals surface area contributed by atoms with Gasteiger partial charge in [-0.2, -0.15) is 0 Å². The van der Waals surface area contributed by atoms with Crippen molar-refractivity contribution in [1.82, 2.24) is 10.3 Å². The molecule has 0 aliphatic carbocycles. The molecule has 3 N–H and O–H groups in total. The van der Waals surface area contributed by atoms with Crippen molar-refractivity contribution in [2.75, 3.05) is 30.3 Å². The number of aromatic nitrogens is 1. The van der Waals surface area contributed by atoms with Crippen molar-refractivity contribution in [2.45, 2.75) is 20.3 Å². The Morgan fingerprint density at radius 1 is 1.24 bits per heavy atom. The molecule has 1 amide bonds. The fraction of sp³-hybridized carbons (Fsp3) is 0.500. The SMILES string of the molecule is CCCNc1cccc(NCC(=O)NCC)n1. The molecule has 5 nitrogen and oxygen atoms in total. The van der Waals surface area contributed by atoms with Crippen LogP contribution in [0.3, 0.4) is 0 Å². The predicted octanol–water partition coefficient (Wildman–Crippen LogP) is 1.45. The minimum absolute atomic E-state index is 0.0266. The molecule has 0 aromatic carbocycles. The molecule has 0 atom stereocenters. The van der Waals surface area contributed by atoms with Crippen LogP contribution in [-0.2, 0) is 4.79 Å². The Morgan fingerprint density at radius 2 is 1.94 bits per heavy atom. The van der Waals surface area contributed by atoms with E-state index < -0.39 is 0 Å². The Balaban J connectivity index is 2.45.